The number of carbonyl (C=O) groups excluding carboxylic acids is 1. The van der Waals surface area contributed by atoms with Crippen LogP contribution in [0, 0.1) is 5.92 Å². The van der Waals surface area contributed by atoms with Crippen LogP contribution in [0.5, 0.6) is 0 Å². The molecule has 0 bridgehead atoms. The van der Waals surface area contributed by atoms with Crippen LogP contribution in [0.3, 0.4) is 0 Å². The van der Waals surface area contributed by atoms with Crippen LogP contribution in [-0.4, -0.2) is 20.4 Å². The summed E-state index contributed by atoms with van der Waals surface area (Å²) in [5, 5.41) is 3.97. The summed E-state index contributed by atoms with van der Waals surface area (Å²) in [5.74, 6) is 0.0847. The first kappa shape index (κ1) is 8.87. The average molecular weight is 189 g/mol. The summed E-state index contributed by atoms with van der Waals surface area (Å²) in [4.78, 5) is 15.8. The van der Waals surface area contributed by atoms with Gasteiger partial charge in [-0.25, -0.2) is 9.50 Å². The van der Waals surface area contributed by atoms with Gasteiger partial charge in [0.2, 0.25) is 0 Å². The number of fused-ring (bicyclic) bond motifs is 1. The first-order valence-corrected chi connectivity index (χ1v) is 4.52. The highest BCUT2D eigenvalue weighted by Crippen LogP contribution is 2.12. The summed E-state index contributed by atoms with van der Waals surface area (Å²) < 4.78 is 1.61. The van der Waals surface area contributed by atoms with Gasteiger partial charge in [-0.2, -0.15) is 5.10 Å². The summed E-state index contributed by atoms with van der Waals surface area (Å²) in [6.45, 7) is 3.75. The zero-order chi connectivity index (χ0) is 10.1. The summed E-state index contributed by atoms with van der Waals surface area (Å²) in [6, 6.07) is 3.59. The van der Waals surface area contributed by atoms with E-state index in [0.717, 1.165) is 0 Å². The molecule has 0 atom stereocenters. The molecule has 4 heteroatoms. The lowest BCUT2D eigenvalue weighted by Gasteiger charge is -2.04. The molecule has 2 rings (SSSR count). The van der Waals surface area contributed by atoms with Gasteiger partial charge in [0.05, 0.1) is 5.56 Å². The molecule has 2 heterocycles. The van der Waals surface area contributed by atoms with Crippen molar-refractivity contribution in [2.75, 3.05) is 0 Å². The van der Waals surface area contributed by atoms with Gasteiger partial charge in [-0.15, -0.1) is 0 Å². The Bertz CT molecular complexity index is 473. The molecule has 4 nitrogen and oxygen atoms in total. The Morgan fingerprint density at radius 2 is 2.29 bits per heavy atom. The molecule has 2 aromatic heterocycles. The van der Waals surface area contributed by atoms with Crippen LogP contribution in [0.15, 0.2) is 24.7 Å². The molecular weight excluding hydrogens is 178 g/mol. The standard InChI is InChI=1S/C10H11N3O/c1-7(2)9(14)8-4-3-5-13-10(8)11-6-12-13/h3-7H,1-2H3. The molecule has 0 unspecified atom stereocenters. The number of hydrogen-bond donors (Lipinski definition) is 0. The maximum atomic E-state index is 11.8. The zero-order valence-electron chi connectivity index (χ0n) is 8.14. The smallest absolute Gasteiger partial charge is 0.169 e. The predicted molar refractivity (Wildman–Crippen MR) is 52.2 cm³/mol. The zero-order valence-corrected chi connectivity index (χ0v) is 8.14. The van der Waals surface area contributed by atoms with Gasteiger partial charge in [0.1, 0.15) is 6.33 Å². The summed E-state index contributed by atoms with van der Waals surface area (Å²) in [5.41, 5.74) is 1.27. The van der Waals surface area contributed by atoms with E-state index in [9.17, 15) is 4.79 Å². The number of carbonyl (C=O) groups is 1. The molecule has 14 heavy (non-hydrogen) atoms. The monoisotopic (exact) mass is 189 g/mol. The molecule has 0 saturated heterocycles. The first-order chi connectivity index (χ1) is 6.70. The highest BCUT2D eigenvalue weighted by atomic mass is 16.1. The summed E-state index contributed by atoms with van der Waals surface area (Å²) in [6.07, 6.45) is 3.23. The second kappa shape index (κ2) is 3.21. The van der Waals surface area contributed by atoms with Crippen molar-refractivity contribution in [1.29, 1.82) is 0 Å². The van der Waals surface area contributed by atoms with Crippen molar-refractivity contribution >= 4 is 11.4 Å². The number of Topliss-reactive ketones (excluding diaryl/α,β-unsaturated/α-hetero) is 1. The van der Waals surface area contributed by atoms with E-state index < -0.39 is 0 Å². The third-order valence-electron chi connectivity index (χ3n) is 2.09. The molecule has 0 fully saturated rings. The van der Waals surface area contributed by atoms with Gasteiger partial charge < -0.3 is 0 Å². The van der Waals surface area contributed by atoms with Crippen molar-refractivity contribution in [3.8, 4) is 0 Å². The lowest BCUT2D eigenvalue weighted by atomic mass is 10.0. The van der Waals surface area contributed by atoms with Crippen LogP contribution in [-0.2, 0) is 0 Å². The van der Waals surface area contributed by atoms with E-state index >= 15 is 0 Å². The van der Waals surface area contributed by atoms with Gasteiger partial charge in [-0.1, -0.05) is 13.8 Å². The minimum atomic E-state index is -0.0158. The van der Waals surface area contributed by atoms with Gasteiger partial charge in [0, 0.05) is 12.1 Å². The molecule has 0 aliphatic rings. The maximum absolute atomic E-state index is 11.8. The predicted octanol–water partition coefficient (Wildman–Crippen LogP) is 1.57. The maximum Gasteiger partial charge on any atom is 0.169 e. The van der Waals surface area contributed by atoms with E-state index in [1.807, 2.05) is 13.8 Å². The molecule has 72 valence electrons. The van der Waals surface area contributed by atoms with Crippen LogP contribution >= 0.6 is 0 Å². The lowest BCUT2D eigenvalue weighted by Crippen LogP contribution is -2.09. The van der Waals surface area contributed by atoms with Crippen LogP contribution in [0.4, 0.5) is 0 Å². The molecule has 0 amide bonds. The minimum Gasteiger partial charge on any atom is -0.294 e. The minimum absolute atomic E-state index is 0.0158. The third-order valence-corrected chi connectivity index (χ3v) is 2.09. The Hall–Kier alpha value is -1.71. The number of pyridine rings is 1. The Morgan fingerprint density at radius 3 is 3.00 bits per heavy atom. The molecule has 0 N–H and O–H groups in total. The summed E-state index contributed by atoms with van der Waals surface area (Å²) >= 11 is 0. The van der Waals surface area contributed by atoms with Crippen molar-refractivity contribution in [3.05, 3.63) is 30.2 Å². The van der Waals surface area contributed by atoms with Crippen molar-refractivity contribution < 1.29 is 4.79 Å². The van der Waals surface area contributed by atoms with E-state index in [2.05, 4.69) is 10.1 Å². The molecule has 0 aliphatic carbocycles. The fourth-order valence-corrected chi connectivity index (χ4v) is 1.35. The van der Waals surface area contributed by atoms with Crippen LogP contribution < -0.4 is 0 Å². The third kappa shape index (κ3) is 1.28. The highest BCUT2D eigenvalue weighted by molar-refractivity contribution is 6.02. The SMILES string of the molecule is CC(C)C(=O)c1cccn2ncnc12. The van der Waals surface area contributed by atoms with Crippen molar-refractivity contribution in [2.24, 2.45) is 5.92 Å². The van der Waals surface area contributed by atoms with Gasteiger partial charge in [-0.05, 0) is 12.1 Å². The average Bonchev–Trinajstić information content (AvgIpc) is 2.63. The Kier molecular flexibility index (Phi) is 2.04. The van der Waals surface area contributed by atoms with Crippen LogP contribution in [0.1, 0.15) is 24.2 Å². The lowest BCUT2D eigenvalue weighted by molar-refractivity contribution is 0.0940. The molecule has 0 saturated carbocycles. The Labute approximate surface area is 81.6 Å². The van der Waals surface area contributed by atoms with Crippen molar-refractivity contribution in [2.45, 2.75) is 13.8 Å². The van der Waals surface area contributed by atoms with E-state index in [0.29, 0.717) is 11.2 Å². The fraction of sp³-hybridized carbons (Fsp3) is 0.300. The van der Waals surface area contributed by atoms with E-state index in [-0.39, 0.29) is 11.7 Å². The second-order valence-electron chi connectivity index (χ2n) is 3.47. The van der Waals surface area contributed by atoms with Gasteiger partial charge in [0.15, 0.2) is 11.4 Å². The van der Waals surface area contributed by atoms with Crippen molar-refractivity contribution in [3.63, 3.8) is 0 Å². The van der Waals surface area contributed by atoms with E-state index in [1.165, 1.54) is 6.33 Å². The largest absolute Gasteiger partial charge is 0.294 e. The molecular formula is C10H11N3O. The van der Waals surface area contributed by atoms with E-state index in [1.54, 1.807) is 22.8 Å². The van der Waals surface area contributed by atoms with Crippen LogP contribution in [0.2, 0.25) is 0 Å². The number of aromatic nitrogens is 3. The summed E-state index contributed by atoms with van der Waals surface area (Å²) in [7, 11) is 0. The second-order valence-corrected chi connectivity index (χ2v) is 3.47. The molecule has 0 aliphatic heterocycles. The van der Waals surface area contributed by atoms with E-state index in [4.69, 9.17) is 0 Å². The molecule has 2 aromatic rings. The number of rotatable bonds is 2. The normalized spacial score (nSPS) is 11.1. The highest BCUT2D eigenvalue weighted by Gasteiger charge is 2.14. The van der Waals surface area contributed by atoms with Gasteiger partial charge >= 0.3 is 0 Å². The number of hydrogen-bond acceptors (Lipinski definition) is 3. The molecule has 0 aromatic carbocycles. The Morgan fingerprint density at radius 1 is 1.50 bits per heavy atom. The van der Waals surface area contributed by atoms with Crippen molar-refractivity contribution in [1.82, 2.24) is 14.6 Å². The topological polar surface area (TPSA) is 47.3 Å². The molecule has 0 radical (unpaired) electrons. The van der Waals surface area contributed by atoms with Crippen LogP contribution in [0.25, 0.3) is 5.65 Å². The van der Waals surface area contributed by atoms with Gasteiger partial charge in [-0.3, -0.25) is 4.79 Å². The molecule has 0 spiro atoms. The first-order valence-electron chi connectivity index (χ1n) is 4.52. The fourth-order valence-electron chi connectivity index (χ4n) is 1.35. The van der Waals surface area contributed by atoms with Gasteiger partial charge in [0.25, 0.3) is 0 Å². The quantitative estimate of drug-likeness (QED) is 0.673. The Balaban J connectivity index is 2.62. The number of nitrogens with zero attached hydrogens (tertiary/aromatic N) is 3. The number of ketones is 1.